The van der Waals surface area contributed by atoms with Crippen LogP contribution in [0.25, 0.3) is 10.9 Å². The van der Waals surface area contributed by atoms with Crippen molar-refractivity contribution < 1.29 is 4.79 Å². The van der Waals surface area contributed by atoms with Crippen molar-refractivity contribution in [3.05, 3.63) is 75.3 Å². The molecule has 0 aliphatic rings. The Labute approximate surface area is 163 Å². The number of aromatic nitrogens is 2. The maximum Gasteiger partial charge on any atom is 0.262 e. The van der Waals surface area contributed by atoms with E-state index in [0.29, 0.717) is 15.7 Å². The Hall–Kier alpha value is -2.73. The van der Waals surface area contributed by atoms with Gasteiger partial charge in [-0.2, -0.15) is 0 Å². The monoisotopic (exact) mass is 381 g/mol. The third-order valence-electron chi connectivity index (χ3n) is 4.99. The number of carbonyl (C=O) groups excluding carboxylic acids is 1. The lowest BCUT2D eigenvalue weighted by Crippen LogP contribution is -2.43. The van der Waals surface area contributed by atoms with E-state index in [-0.39, 0.29) is 24.4 Å². The Morgan fingerprint density at radius 2 is 1.81 bits per heavy atom. The van der Waals surface area contributed by atoms with Gasteiger partial charge in [-0.05, 0) is 43.3 Å². The molecular formula is C21H23N3O2S. The maximum atomic E-state index is 12.7. The van der Waals surface area contributed by atoms with Crippen LogP contribution in [0.15, 0.2) is 59.4 Å². The van der Waals surface area contributed by atoms with E-state index >= 15 is 0 Å². The van der Waals surface area contributed by atoms with Crippen molar-refractivity contribution in [3.63, 3.8) is 0 Å². The highest BCUT2D eigenvalue weighted by Crippen LogP contribution is 2.24. The van der Waals surface area contributed by atoms with Crippen LogP contribution in [-0.2, 0) is 16.9 Å². The predicted molar refractivity (Wildman–Crippen MR) is 110 cm³/mol. The van der Waals surface area contributed by atoms with Crippen LogP contribution in [0.5, 0.6) is 0 Å². The highest BCUT2D eigenvalue weighted by molar-refractivity contribution is 7.71. The van der Waals surface area contributed by atoms with Gasteiger partial charge in [-0.3, -0.25) is 14.2 Å². The molecule has 1 aromatic heterocycles. The summed E-state index contributed by atoms with van der Waals surface area (Å²) in [6.07, 6.45) is 0.941. The second kappa shape index (κ2) is 7.88. The summed E-state index contributed by atoms with van der Waals surface area (Å²) in [5.74, 6) is -0.113. The number of rotatable bonds is 6. The quantitative estimate of drug-likeness (QED) is 0.637. The first-order valence-corrected chi connectivity index (χ1v) is 9.44. The standard InChI is InChI=1S/C21H23N3O2S/c1-3-21(2,15-9-5-4-6-10-15)23-18(25)13-14-24-19(26)16-11-7-8-12-17(16)22-20(24)27/h4-12H,3,13-14H2,1-2H3,(H,22,27)(H,23,25). The van der Waals surface area contributed by atoms with Gasteiger partial charge >= 0.3 is 0 Å². The van der Waals surface area contributed by atoms with Gasteiger partial charge in [-0.25, -0.2) is 0 Å². The first kappa shape index (κ1) is 19.0. The lowest BCUT2D eigenvalue weighted by atomic mass is 9.89. The van der Waals surface area contributed by atoms with Gasteiger partial charge in [0.1, 0.15) is 0 Å². The Kier molecular flexibility index (Phi) is 5.56. The maximum absolute atomic E-state index is 12.7. The van der Waals surface area contributed by atoms with E-state index in [1.807, 2.05) is 62.4 Å². The number of nitrogens with zero attached hydrogens (tertiary/aromatic N) is 1. The number of hydrogen-bond donors (Lipinski definition) is 2. The van der Waals surface area contributed by atoms with Crippen molar-refractivity contribution in [1.29, 1.82) is 0 Å². The molecule has 0 bridgehead atoms. The van der Waals surface area contributed by atoms with Crippen molar-refractivity contribution >= 4 is 29.0 Å². The average Bonchev–Trinajstić information content (AvgIpc) is 2.68. The molecule has 6 heteroatoms. The molecule has 0 saturated carbocycles. The van der Waals surface area contributed by atoms with Gasteiger partial charge in [0.25, 0.3) is 5.56 Å². The van der Waals surface area contributed by atoms with Gasteiger partial charge in [-0.15, -0.1) is 0 Å². The average molecular weight is 382 g/mol. The zero-order chi connectivity index (χ0) is 19.4. The minimum Gasteiger partial charge on any atom is -0.347 e. The van der Waals surface area contributed by atoms with E-state index in [2.05, 4.69) is 10.3 Å². The number of aromatic amines is 1. The van der Waals surface area contributed by atoms with E-state index in [0.717, 1.165) is 12.0 Å². The second-order valence-electron chi connectivity index (χ2n) is 6.78. The summed E-state index contributed by atoms with van der Waals surface area (Å²) >= 11 is 5.30. The highest BCUT2D eigenvalue weighted by Gasteiger charge is 2.26. The summed E-state index contributed by atoms with van der Waals surface area (Å²) in [6, 6.07) is 17.1. The van der Waals surface area contributed by atoms with Crippen LogP contribution in [0.4, 0.5) is 0 Å². The normalized spacial score (nSPS) is 13.3. The molecule has 2 aromatic carbocycles. The van der Waals surface area contributed by atoms with Crippen LogP contribution in [0.2, 0.25) is 0 Å². The lowest BCUT2D eigenvalue weighted by molar-refractivity contribution is -0.123. The van der Waals surface area contributed by atoms with Crippen molar-refractivity contribution in [2.45, 2.75) is 38.8 Å². The van der Waals surface area contributed by atoms with Crippen LogP contribution in [0.1, 0.15) is 32.3 Å². The number of H-pyrrole nitrogens is 1. The molecule has 1 heterocycles. The molecule has 1 unspecified atom stereocenters. The molecular weight excluding hydrogens is 358 g/mol. The first-order chi connectivity index (χ1) is 12.9. The molecule has 140 valence electrons. The fourth-order valence-corrected chi connectivity index (χ4v) is 3.44. The third kappa shape index (κ3) is 4.01. The van der Waals surface area contributed by atoms with Crippen LogP contribution in [0, 0.1) is 4.77 Å². The molecule has 27 heavy (non-hydrogen) atoms. The van der Waals surface area contributed by atoms with Crippen LogP contribution in [-0.4, -0.2) is 15.5 Å². The fourth-order valence-electron chi connectivity index (χ4n) is 3.16. The van der Waals surface area contributed by atoms with Gasteiger partial charge in [0, 0.05) is 13.0 Å². The summed E-state index contributed by atoms with van der Waals surface area (Å²) in [6.45, 7) is 4.28. The van der Waals surface area contributed by atoms with Gasteiger partial charge in [-0.1, -0.05) is 49.4 Å². The minimum atomic E-state index is -0.449. The number of fused-ring (bicyclic) bond motifs is 1. The van der Waals surface area contributed by atoms with Crippen molar-refractivity contribution in [3.8, 4) is 0 Å². The lowest BCUT2D eigenvalue weighted by Gasteiger charge is -2.30. The van der Waals surface area contributed by atoms with Crippen molar-refractivity contribution in [1.82, 2.24) is 14.9 Å². The predicted octanol–water partition coefficient (Wildman–Crippen LogP) is 3.89. The molecule has 3 rings (SSSR count). The molecule has 0 saturated heterocycles. The number of carbonyl (C=O) groups is 1. The minimum absolute atomic E-state index is 0.113. The zero-order valence-corrected chi connectivity index (χ0v) is 16.3. The van der Waals surface area contributed by atoms with E-state index < -0.39 is 5.54 Å². The molecule has 1 amide bonds. The first-order valence-electron chi connectivity index (χ1n) is 9.03. The third-order valence-corrected chi connectivity index (χ3v) is 5.31. The Balaban J connectivity index is 1.77. The topological polar surface area (TPSA) is 66.9 Å². The van der Waals surface area contributed by atoms with E-state index in [4.69, 9.17) is 12.2 Å². The molecule has 0 aliphatic carbocycles. The van der Waals surface area contributed by atoms with Gasteiger partial charge < -0.3 is 10.3 Å². The Morgan fingerprint density at radius 1 is 1.15 bits per heavy atom. The van der Waals surface area contributed by atoms with Crippen LogP contribution < -0.4 is 10.9 Å². The summed E-state index contributed by atoms with van der Waals surface area (Å²) in [5.41, 5.74) is 1.13. The van der Waals surface area contributed by atoms with Crippen molar-refractivity contribution in [2.75, 3.05) is 0 Å². The largest absolute Gasteiger partial charge is 0.347 e. The van der Waals surface area contributed by atoms with Gasteiger partial charge in [0.05, 0.1) is 16.4 Å². The zero-order valence-electron chi connectivity index (χ0n) is 15.5. The molecule has 1 atom stereocenters. The van der Waals surface area contributed by atoms with Crippen LogP contribution >= 0.6 is 12.2 Å². The fraction of sp³-hybridized carbons (Fsp3) is 0.286. The number of benzene rings is 2. The SMILES string of the molecule is CCC(C)(NC(=O)CCn1c(=S)[nH]c2ccccc2c1=O)c1ccccc1. The Morgan fingerprint density at radius 3 is 2.52 bits per heavy atom. The number of hydrogen-bond acceptors (Lipinski definition) is 3. The van der Waals surface area contributed by atoms with E-state index in [1.165, 1.54) is 4.57 Å². The summed E-state index contributed by atoms with van der Waals surface area (Å²) in [7, 11) is 0. The molecule has 5 nitrogen and oxygen atoms in total. The van der Waals surface area contributed by atoms with E-state index in [9.17, 15) is 9.59 Å². The van der Waals surface area contributed by atoms with Crippen LogP contribution in [0.3, 0.4) is 0 Å². The second-order valence-corrected chi connectivity index (χ2v) is 7.17. The molecule has 0 fully saturated rings. The summed E-state index contributed by atoms with van der Waals surface area (Å²) in [4.78, 5) is 28.3. The summed E-state index contributed by atoms with van der Waals surface area (Å²) < 4.78 is 1.77. The molecule has 0 radical (unpaired) electrons. The number of amides is 1. The molecule has 0 spiro atoms. The molecule has 0 aliphatic heterocycles. The smallest absolute Gasteiger partial charge is 0.262 e. The number of para-hydroxylation sites is 1. The number of nitrogens with one attached hydrogen (secondary N) is 2. The van der Waals surface area contributed by atoms with Crippen molar-refractivity contribution in [2.24, 2.45) is 0 Å². The highest BCUT2D eigenvalue weighted by atomic mass is 32.1. The summed E-state index contributed by atoms with van der Waals surface area (Å²) in [5, 5.41) is 3.67. The van der Waals surface area contributed by atoms with Gasteiger partial charge in [0.15, 0.2) is 4.77 Å². The molecule has 2 N–H and O–H groups in total. The Bertz CT molecular complexity index is 1070. The van der Waals surface area contributed by atoms with E-state index in [1.54, 1.807) is 6.07 Å². The van der Waals surface area contributed by atoms with Gasteiger partial charge in [0.2, 0.25) is 5.91 Å². The molecule has 3 aromatic rings.